The average molecular weight is 939 g/mol. The smallest absolute Gasteiger partial charge is 0.511 e. The molecule has 0 bridgehead atoms. The zero-order valence-corrected chi connectivity index (χ0v) is 38.1. The predicted molar refractivity (Wildman–Crippen MR) is 229 cm³/mol. The Morgan fingerprint density at radius 3 is 2.21 bits per heavy atom. The number of fused-ring (bicyclic) bond motifs is 8. The van der Waals surface area contributed by atoms with Gasteiger partial charge in [-0.05, 0) is 109 Å². The Kier molecular flexibility index (Phi) is 8.23. The molecule has 0 N–H and O–H groups in total. The number of nitrogens with zero attached hydrogens (tertiary/aromatic N) is 3. The first-order chi connectivity index (χ1) is 26.9. The molecule has 0 fully saturated rings. The van der Waals surface area contributed by atoms with Gasteiger partial charge in [0.15, 0.2) is 0 Å². The van der Waals surface area contributed by atoms with Gasteiger partial charge in [0.05, 0.1) is 0 Å². The van der Waals surface area contributed by atoms with Gasteiger partial charge in [0.1, 0.15) is 22.9 Å². The van der Waals surface area contributed by atoms with E-state index in [1.165, 1.54) is 33.2 Å². The number of hydrogen-bond acceptors (Lipinski definition) is 4. The third-order valence-electron chi connectivity index (χ3n) is 13.3. The van der Waals surface area contributed by atoms with Crippen LogP contribution in [-0.2, 0) is 54.0 Å². The van der Waals surface area contributed by atoms with Crippen molar-refractivity contribution >= 4 is 27.7 Å². The Bertz CT molecular complexity index is 2820. The van der Waals surface area contributed by atoms with Crippen LogP contribution in [0.25, 0.3) is 27.6 Å². The van der Waals surface area contributed by atoms with Gasteiger partial charge < -0.3 is 14.0 Å². The first-order valence-corrected chi connectivity index (χ1v) is 20.0. The number of hydrogen-bond donors (Lipinski definition) is 0. The first-order valence-electron chi connectivity index (χ1n) is 21.0. The monoisotopic (exact) mass is 938 g/mol. The predicted octanol–water partition coefficient (Wildman–Crippen LogP) is 12.4. The van der Waals surface area contributed by atoms with Crippen LogP contribution in [0.15, 0.2) is 59.7 Å². The quantitative estimate of drug-likeness (QED) is 0.166. The van der Waals surface area contributed by atoms with Crippen LogP contribution in [0, 0.1) is 39.8 Å². The van der Waals surface area contributed by atoms with Gasteiger partial charge >= 0.3 is 21.1 Å². The standard InChI is InChI=1S/C51H55N3O2.Pt/c1-28-15-16-39-36(31(28)4)17-19-50(13)51(39,14)53-46(56-50)32-22-33(47(5,6)7)24-35(23-32)55-42-27-41-37(21-30(42)3)38-25-34(48(8,9)10)26-40-44(38)54(41)45-43(49(40,11)12)29(2)18-20-52-45;/h15-16,18,20-22,24-26H,17,19H2,1-14H3;/q-2;+2/t50-,51+;/m0./s1/i17D2;. The summed E-state index contributed by atoms with van der Waals surface area (Å²) in [4.78, 5) is 10.4. The van der Waals surface area contributed by atoms with Crippen LogP contribution >= 0.6 is 0 Å². The average Bonchev–Trinajstić information content (AvgIpc) is 3.57. The van der Waals surface area contributed by atoms with E-state index in [9.17, 15) is 2.74 Å². The van der Waals surface area contributed by atoms with Crippen molar-refractivity contribution in [2.75, 3.05) is 0 Å². The maximum atomic E-state index is 9.22. The SMILES string of the molecule is [2H]C1([2H])C[C@]2(C)OC(c3[c-]c(Oc4[c-]c5c(cc4C)c4cc(C(C)(C)C)cc6c4n5-c4nccc(C)c4C6(C)C)cc(C(C)(C)C)c3)=N[C@]2(C)c2ccc(C)c(C)c21.[Pt+2]. The molecule has 0 saturated carbocycles. The van der Waals surface area contributed by atoms with Crippen LogP contribution in [0.4, 0.5) is 0 Å². The van der Waals surface area contributed by atoms with Crippen molar-refractivity contribution in [1.29, 1.82) is 0 Å². The van der Waals surface area contributed by atoms with E-state index in [2.05, 4.69) is 135 Å². The third kappa shape index (κ3) is 5.72. The fourth-order valence-corrected chi connectivity index (χ4v) is 9.33. The summed E-state index contributed by atoms with van der Waals surface area (Å²) in [6.45, 7) is 30.5. The molecule has 5 nitrogen and oxygen atoms in total. The molecule has 0 amide bonds. The van der Waals surface area contributed by atoms with E-state index in [-0.39, 0.29) is 43.7 Å². The minimum Gasteiger partial charge on any atom is -0.511 e. The van der Waals surface area contributed by atoms with Crippen molar-refractivity contribution in [1.82, 2.24) is 9.55 Å². The molecule has 0 unspecified atom stereocenters. The van der Waals surface area contributed by atoms with E-state index in [1.807, 2.05) is 33.0 Å². The Labute approximate surface area is 356 Å². The summed E-state index contributed by atoms with van der Waals surface area (Å²) in [5.41, 5.74) is 11.2. The molecule has 0 radical (unpaired) electrons. The number of aryl methyl sites for hydroxylation is 3. The third-order valence-corrected chi connectivity index (χ3v) is 13.3. The van der Waals surface area contributed by atoms with Gasteiger partial charge in [0.2, 0.25) is 0 Å². The van der Waals surface area contributed by atoms with Crippen LogP contribution in [0.3, 0.4) is 0 Å². The maximum absolute atomic E-state index is 9.22. The minimum absolute atomic E-state index is 0. The summed E-state index contributed by atoms with van der Waals surface area (Å²) in [5.74, 6) is 2.54. The van der Waals surface area contributed by atoms with Crippen LogP contribution in [0.1, 0.15) is 140 Å². The molecule has 6 heteroatoms. The van der Waals surface area contributed by atoms with E-state index in [0.29, 0.717) is 23.0 Å². The molecule has 0 saturated heterocycles. The second-order valence-electron chi connectivity index (χ2n) is 19.6. The number of aromatic nitrogens is 2. The molecule has 57 heavy (non-hydrogen) atoms. The fraction of sp³-hybridized carbons (Fsp3) is 0.412. The van der Waals surface area contributed by atoms with E-state index < -0.39 is 17.5 Å². The molecule has 4 aromatic carbocycles. The Balaban J connectivity index is 0.00000484. The van der Waals surface area contributed by atoms with E-state index in [0.717, 1.165) is 50.1 Å². The van der Waals surface area contributed by atoms with Gasteiger partial charge in [0, 0.05) is 36.9 Å². The molecule has 6 aromatic rings. The molecule has 2 atom stereocenters. The van der Waals surface area contributed by atoms with Crippen molar-refractivity contribution in [3.8, 4) is 17.3 Å². The van der Waals surface area contributed by atoms with Crippen molar-refractivity contribution in [2.45, 2.75) is 137 Å². The number of benzene rings is 4. The molecular formula is C51H55N3O2Pt. The normalized spacial score (nSPS) is 22.1. The molecule has 2 aromatic heterocycles. The molecule has 2 aliphatic heterocycles. The molecular weight excluding hydrogens is 882 g/mol. The molecule has 4 heterocycles. The molecule has 296 valence electrons. The van der Waals surface area contributed by atoms with Gasteiger partial charge in [-0.2, -0.15) is 6.07 Å². The van der Waals surface area contributed by atoms with Crippen LogP contribution in [0.5, 0.6) is 11.5 Å². The van der Waals surface area contributed by atoms with Crippen LogP contribution in [0.2, 0.25) is 0 Å². The second-order valence-corrected chi connectivity index (χ2v) is 19.6. The molecule has 1 aliphatic carbocycles. The summed E-state index contributed by atoms with van der Waals surface area (Å²) in [7, 11) is 0. The van der Waals surface area contributed by atoms with Gasteiger partial charge in [-0.1, -0.05) is 110 Å². The number of pyridine rings is 1. The van der Waals surface area contributed by atoms with Crippen molar-refractivity contribution in [3.63, 3.8) is 0 Å². The number of rotatable bonds is 3. The number of aliphatic imine (C=N–C) groups is 1. The first kappa shape index (κ1) is 37.1. The molecule has 9 rings (SSSR count). The Hall–Kier alpha value is -4.21. The summed E-state index contributed by atoms with van der Waals surface area (Å²) in [6, 6.07) is 24.7. The van der Waals surface area contributed by atoms with Crippen molar-refractivity contribution in [2.24, 2.45) is 4.99 Å². The van der Waals surface area contributed by atoms with Gasteiger partial charge in [-0.3, -0.25) is 4.99 Å². The zero-order chi connectivity index (χ0) is 41.9. The van der Waals surface area contributed by atoms with E-state index in [4.69, 9.17) is 19.5 Å². The summed E-state index contributed by atoms with van der Waals surface area (Å²) >= 11 is 0. The summed E-state index contributed by atoms with van der Waals surface area (Å²) in [6.07, 6.45) is 0.513. The topological polar surface area (TPSA) is 48.6 Å². The molecule has 0 spiro atoms. The van der Waals surface area contributed by atoms with Crippen molar-refractivity contribution in [3.05, 3.63) is 128 Å². The van der Waals surface area contributed by atoms with Crippen LogP contribution in [-0.4, -0.2) is 21.0 Å². The Morgan fingerprint density at radius 1 is 0.807 bits per heavy atom. The molecule has 3 aliphatic rings. The van der Waals surface area contributed by atoms with E-state index in [1.54, 1.807) is 0 Å². The van der Waals surface area contributed by atoms with Gasteiger partial charge in [-0.15, -0.1) is 28.6 Å². The summed E-state index contributed by atoms with van der Waals surface area (Å²) < 4.78 is 34.5. The van der Waals surface area contributed by atoms with Gasteiger partial charge in [-0.25, -0.2) is 4.98 Å². The second kappa shape index (κ2) is 12.6. The van der Waals surface area contributed by atoms with Gasteiger partial charge in [0.25, 0.3) is 0 Å². The number of ether oxygens (including phenoxy) is 2. The zero-order valence-electron chi connectivity index (χ0n) is 37.9. The minimum atomic E-state index is -1.58. The Morgan fingerprint density at radius 2 is 1.51 bits per heavy atom. The maximum Gasteiger partial charge on any atom is 2.00 e. The summed E-state index contributed by atoms with van der Waals surface area (Å²) in [5, 5.41) is 2.32. The van der Waals surface area contributed by atoms with Crippen molar-refractivity contribution < 1.29 is 33.3 Å². The van der Waals surface area contributed by atoms with E-state index >= 15 is 0 Å². The fourth-order valence-electron chi connectivity index (χ4n) is 9.33. The van der Waals surface area contributed by atoms with Crippen LogP contribution < -0.4 is 4.74 Å². The largest absolute Gasteiger partial charge is 2.00 e.